The number of ketones is 1. The highest BCUT2D eigenvalue weighted by atomic mass is 32.2. The zero-order chi connectivity index (χ0) is 17.3. The molecular formula is C17H17NO5S. The van der Waals surface area contributed by atoms with Crippen molar-refractivity contribution in [3.63, 3.8) is 0 Å². The molecule has 1 saturated carbocycles. The molecule has 1 aliphatic carbocycles. The van der Waals surface area contributed by atoms with Crippen LogP contribution in [-0.2, 0) is 14.3 Å². The predicted octanol–water partition coefficient (Wildman–Crippen LogP) is 2.38. The minimum atomic E-state index is -1.51. The van der Waals surface area contributed by atoms with Crippen molar-refractivity contribution in [3.8, 4) is 0 Å². The van der Waals surface area contributed by atoms with Crippen LogP contribution in [0.3, 0.4) is 0 Å². The molecule has 1 aliphatic heterocycles. The smallest absolute Gasteiger partial charge is 0.331 e. The molecule has 1 aromatic rings. The first-order chi connectivity index (χ1) is 11.5. The number of rotatable bonds is 4. The highest BCUT2D eigenvalue weighted by Gasteiger charge is 2.53. The molecule has 2 aliphatic rings. The number of imide groups is 1. The number of fused-ring (bicyclic) bond motifs is 1. The maximum Gasteiger partial charge on any atom is 0.331 e. The van der Waals surface area contributed by atoms with E-state index in [4.69, 9.17) is 4.74 Å². The van der Waals surface area contributed by atoms with Gasteiger partial charge in [-0.3, -0.25) is 14.4 Å². The van der Waals surface area contributed by atoms with Crippen molar-refractivity contribution in [2.75, 3.05) is 6.61 Å². The van der Waals surface area contributed by atoms with Crippen molar-refractivity contribution >= 4 is 35.5 Å². The Hall–Kier alpha value is -2.15. The fourth-order valence-corrected chi connectivity index (χ4v) is 4.25. The van der Waals surface area contributed by atoms with E-state index in [1.165, 1.54) is 0 Å². The molecule has 1 fully saturated rings. The minimum Gasteiger partial charge on any atom is -0.465 e. The van der Waals surface area contributed by atoms with E-state index in [2.05, 4.69) is 0 Å². The normalized spacial score (nSPS) is 23.4. The number of amides is 2. The van der Waals surface area contributed by atoms with Gasteiger partial charge in [0.15, 0.2) is 10.5 Å². The zero-order valence-corrected chi connectivity index (χ0v) is 14.1. The van der Waals surface area contributed by atoms with Crippen molar-refractivity contribution in [1.82, 2.24) is 4.31 Å². The average Bonchev–Trinajstić information content (AvgIpc) is 2.82. The number of carbonyl (C=O) groups is 4. The Bertz CT molecular complexity index is 696. The SMILES string of the molecule is CCOC(=O)C1(SN2C(=O)c3ccccc3C2=O)CCCCC1=O. The van der Waals surface area contributed by atoms with Crippen LogP contribution in [0.1, 0.15) is 53.3 Å². The lowest BCUT2D eigenvalue weighted by Gasteiger charge is -2.34. The second kappa shape index (κ2) is 6.39. The molecule has 1 atom stereocenters. The summed E-state index contributed by atoms with van der Waals surface area (Å²) in [5.74, 6) is -1.95. The Morgan fingerprint density at radius 2 is 1.79 bits per heavy atom. The topological polar surface area (TPSA) is 80.8 Å². The summed E-state index contributed by atoms with van der Waals surface area (Å²) < 4.78 is 4.51. The molecule has 3 rings (SSSR count). The van der Waals surface area contributed by atoms with E-state index >= 15 is 0 Å². The second-order valence-corrected chi connectivity index (χ2v) is 6.96. The number of esters is 1. The van der Waals surface area contributed by atoms with E-state index < -0.39 is 22.5 Å². The molecule has 126 valence electrons. The summed E-state index contributed by atoms with van der Waals surface area (Å²) in [6.45, 7) is 1.79. The van der Waals surface area contributed by atoms with E-state index in [0.717, 1.165) is 4.31 Å². The number of Topliss-reactive ketones (excluding diaryl/α,β-unsaturated/α-hetero) is 1. The van der Waals surface area contributed by atoms with Crippen LogP contribution in [0.4, 0.5) is 0 Å². The summed E-state index contributed by atoms with van der Waals surface area (Å²) in [5, 5.41) is 0. The lowest BCUT2D eigenvalue weighted by molar-refractivity contribution is -0.150. The predicted molar refractivity (Wildman–Crippen MR) is 87.4 cm³/mol. The largest absolute Gasteiger partial charge is 0.465 e. The van der Waals surface area contributed by atoms with Gasteiger partial charge in [0.25, 0.3) is 11.8 Å². The summed E-state index contributed by atoms with van der Waals surface area (Å²) in [6, 6.07) is 6.47. The zero-order valence-electron chi connectivity index (χ0n) is 13.2. The van der Waals surface area contributed by atoms with Gasteiger partial charge in [-0.25, -0.2) is 9.10 Å². The summed E-state index contributed by atoms with van der Waals surface area (Å²) in [7, 11) is 0. The molecule has 0 spiro atoms. The lowest BCUT2D eigenvalue weighted by atomic mass is 9.87. The third-order valence-electron chi connectivity index (χ3n) is 4.24. The molecule has 2 amide bonds. The van der Waals surface area contributed by atoms with Crippen molar-refractivity contribution < 1.29 is 23.9 Å². The van der Waals surface area contributed by atoms with Gasteiger partial charge in [0.1, 0.15) is 0 Å². The molecule has 7 heteroatoms. The molecule has 0 aromatic heterocycles. The van der Waals surface area contributed by atoms with Crippen LogP contribution in [-0.4, -0.2) is 39.2 Å². The van der Waals surface area contributed by atoms with Gasteiger partial charge in [-0.1, -0.05) is 18.6 Å². The van der Waals surface area contributed by atoms with Gasteiger partial charge in [-0.2, -0.15) is 0 Å². The summed E-state index contributed by atoms with van der Waals surface area (Å²) in [5.41, 5.74) is 0.578. The molecular weight excluding hydrogens is 330 g/mol. The average molecular weight is 347 g/mol. The summed E-state index contributed by atoms with van der Waals surface area (Å²) >= 11 is 0.715. The standard InChI is InChI=1S/C17H17NO5S/c1-2-23-16(22)17(10-6-5-9-13(17)19)24-18-14(20)11-7-3-4-8-12(11)15(18)21/h3-4,7-8H,2,5-6,9-10H2,1H3. The Labute approximate surface area is 143 Å². The number of hydrogen-bond acceptors (Lipinski definition) is 6. The van der Waals surface area contributed by atoms with Gasteiger partial charge in [0, 0.05) is 6.42 Å². The maximum atomic E-state index is 12.5. The number of nitrogens with zero attached hydrogens (tertiary/aromatic N) is 1. The monoisotopic (exact) mass is 347 g/mol. The fraction of sp³-hybridized carbons (Fsp3) is 0.412. The molecule has 0 saturated heterocycles. The second-order valence-electron chi connectivity index (χ2n) is 5.72. The molecule has 1 heterocycles. The first kappa shape index (κ1) is 16.7. The molecule has 0 radical (unpaired) electrons. The number of benzene rings is 1. The quantitative estimate of drug-likeness (QED) is 0.360. The van der Waals surface area contributed by atoms with Gasteiger partial charge in [0.05, 0.1) is 17.7 Å². The number of hydrogen-bond donors (Lipinski definition) is 0. The van der Waals surface area contributed by atoms with Crippen molar-refractivity contribution in [3.05, 3.63) is 35.4 Å². The summed E-state index contributed by atoms with van der Waals surface area (Å²) in [6.07, 6.45) is 1.88. The lowest BCUT2D eigenvalue weighted by Crippen LogP contribution is -2.49. The van der Waals surface area contributed by atoms with Gasteiger partial charge in [-0.05, 0) is 43.8 Å². The van der Waals surface area contributed by atoms with Gasteiger partial charge < -0.3 is 4.74 Å². The molecule has 0 bridgehead atoms. The molecule has 1 aromatic carbocycles. The Kier molecular flexibility index (Phi) is 4.45. The number of carbonyl (C=O) groups excluding carboxylic acids is 4. The highest BCUT2D eigenvalue weighted by molar-refractivity contribution is 8.01. The summed E-state index contributed by atoms with van der Waals surface area (Å²) in [4.78, 5) is 50.1. The first-order valence-corrected chi connectivity index (χ1v) is 8.66. The molecule has 6 nitrogen and oxygen atoms in total. The molecule has 0 N–H and O–H groups in total. The van der Waals surface area contributed by atoms with Crippen LogP contribution in [0.5, 0.6) is 0 Å². The fourth-order valence-electron chi connectivity index (χ4n) is 3.00. The molecule has 1 unspecified atom stereocenters. The van der Waals surface area contributed by atoms with Crippen molar-refractivity contribution in [2.45, 2.75) is 37.4 Å². The Morgan fingerprint density at radius 1 is 1.17 bits per heavy atom. The van der Waals surface area contributed by atoms with Gasteiger partial charge >= 0.3 is 5.97 Å². The van der Waals surface area contributed by atoms with Crippen LogP contribution < -0.4 is 0 Å². The van der Waals surface area contributed by atoms with E-state index in [0.29, 0.717) is 24.8 Å². The van der Waals surface area contributed by atoms with E-state index in [1.807, 2.05) is 0 Å². The van der Waals surface area contributed by atoms with E-state index in [1.54, 1.807) is 31.2 Å². The maximum absolute atomic E-state index is 12.5. The van der Waals surface area contributed by atoms with E-state index in [9.17, 15) is 19.2 Å². The van der Waals surface area contributed by atoms with E-state index in [-0.39, 0.29) is 36.4 Å². The van der Waals surface area contributed by atoms with Crippen LogP contribution in [0.25, 0.3) is 0 Å². The Balaban J connectivity index is 1.94. The van der Waals surface area contributed by atoms with Crippen LogP contribution >= 0.6 is 11.9 Å². The van der Waals surface area contributed by atoms with Crippen LogP contribution in [0.2, 0.25) is 0 Å². The van der Waals surface area contributed by atoms with Crippen molar-refractivity contribution in [2.24, 2.45) is 0 Å². The third kappa shape index (κ3) is 2.53. The van der Waals surface area contributed by atoms with Crippen LogP contribution in [0, 0.1) is 0 Å². The highest BCUT2D eigenvalue weighted by Crippen LogP contribution is 2.43. The van der Waals surface area contributed by atoms with Crippen molar-refractivity contribution in [1.29, 1.82) is 0 Å². The third-order valence-corrected chi connectivity index (χ3v) is 5.67. The van der Waals surface area contributed by atoms with Gasteiger partial charge in [-0.15, -0.1) is 0 Å². The minimum absolute atomic E-state index is 0.135. The number of ether oxygens (including phenoxy) is 1. The van der Waals surface area contributed by atoms with Crippen LogP contribution in [0.15, 0.2) is 24.3 Å². The Morgan fingerprint density at radius 3 is 2.33 bits per heavy atom. The first-order valence-electron chi connectivity index (χ1n) is 7.88. The molecule has 24 heavy (non-hydrogen) atoms. The van der Waals surface area contributed by atoms with Gasteiger partial charge in [0.2, 0.25) is 0 Å².